The van der Waals surface area contributed by atoms with Crippen molar-refractivity contribution in [3.8, 4) is 6.19 Å². The van der Waals surface area contributed by atoms with E-state index in [0.717, 1.165) is 4.68 Å². The zero-order chi connectivity index (χ0) is 5.11. The van der Waals surface area contributed by atoms with Gasteiger partial charge < -0.3 is 0 Å². The minimum Gasteiger partial charge on any atom is -0.170 e. The van der Waals surface area contributed by atoms with Crippen molar-refractivity contribution >= 4 is 0 Å². The molecule has 0 fully saturated rings. The quantitative estimate of drug-likeness (QED) is 0.439. The van der Waals surface area contributed by atoms with Gasteiger partial charge in [-0.2, -0.15) is 9.94 Å². The summed E-state index contributed by atoms with van der Waals surface area (Å²) in [5, 5.41) is 14.8. The van der Waals surface area contributed by atoms with E-state index in [0.29, 0.717) is 0 Å². The molecular weight excluding hydrogens is 92.1 g/mol. The summed E-state index contributed by atoms with van der Waals surface area (Å²) in [6.45, 7) is 0. The number of nitrogens with zero attached hydrogens (tertiary/aromatic N) is 4. The standard InChI is InChI=1S/C3H2N4/c4-3-7-2-1-5-6-7/h1-2H. The van der Waals surface area contributed by atoms with E-state index in [4.69, 9.17) is 5.26 Å². The van der Waals surface area contributed by atoms with Gasteiger partial charge in [0.2, 0.25) is 6.19 Å². The maximum absolute atomic E-state index is 8.04. The summed E-state index contributed by atoms with van der Waals surface area (Å²) in [5.41, 5.74) is 0. The molecule has 1 aromatic heterocycles. The minimum absolute atomic E-state index is 1.07. The lowest BCUT2D eigenvalue weighted by Gasteiger charge is -1.69. The Morgan fingerprint density at radius 1 is 1.71 bits per heavy atom. The molecule has 0 spiro atoms. The number of nitriles is 1. The lowest BCUT2D eigenvalue weighted by atomic mass is 10.9. The Bertz CT molecular complexity index is 169. The van der Waals surface area contributed by atoms with E-state index in [1.54, 1.807) is 6.19 Å². The fraction of sp³-hybridized carbons (Fsp3) is 0. The zero-order valence-corrected chi connectivity index (χ0v) is 3.44. The molecule has 1 heterocycles. The summed E-state index contributed by atoms with van der Waals surface area (Å²) in [5.74, 6) is 0. The fourth-order valence-corrected chi connectivity index (χ4v) is 0.262. The molecule has 0 aliphatic carbocycles. The van der Waals surface area contributed by atoms with E-state index in [1.807, 2.05) is 0 Å². The first-order valence-electron chi connectivity index (χ1n) is 1.70. The maximum Gasteiger partial charge on any atom is 0.207 e. The Labute approximate surface area is 40.0 Å². The van der Waals surface area contributed by atoms with Gasteiger partial charge in [0.1, 0.15) is 0 Å². The van der Waals surface area contributed by atoms with Crippen LogP contribution in [0.1, 0.15) is 0 Å². The van der Waals surface area contributed by atoms with Gasteiger partial charge >= 0.3 is 0 Å². The van der Waals surface area contributed by atoms with Gasteiger partial charge in [-0.15, -0.1) is 5.10 Å². The summed E-state index contributed by atoms with van der Waals surface area (Å²) in [6.07, 6.45) is 4.67. The molecule has 0 amide bonds. The normalized spacial score (nSPS) is 7.86. The van der Waals surface area contributed by atoms with E-state index in [2.05, 4.69) is 10.3 Å². The van der Waals surface area contributed by atoms with Crippen molar-refractivity contribution in [1.82, 2.24) is 15.0 Å². The molecule has 0 aliphatic heterocycles. The first kappa shape index (κ1) is 3.81. The number of rotatable bonds is 0. The van der Waals surface area contributed by atoms with Crippen LogP contribution < -0.4 is 0 Å². The van der Waals surface area contributed by atoms with Gasteiger partial charge in [0.25, 0.3) is 0 Å². The molecule has 0 radical (unpaired) electrons. The number of hydrogen-bond donors (Lipinski definition) is 0. The van der Waals surface area contributed by atoms with Gasteiger partial charge in [0.05, 0.1) is 12.4 Å². The van der Waals surface area contributed by atoms with Crippen molar-refractivity contribution in [2.45, 2.75) is 0 Å². The molecule has 0 saturated heterocycles. The van der Waals surface area contributed by atoms with Crippen LogP contribution in [-0.2, 0) is 0 Å². The third kappa shape index (κ3) is 0.550. The van der Waals surface area contributed by atoms with Crippen molar-refractivity contribution in [1.29, 1.82) is 5.26 Å². The summed E-state index contributed by atoms with van der Waals surface area (Å²) in [7, 11) is 0. The van der Waals surface area contributed by atoms with E-state index in [1.165, 1.54) is 12.4 Å². The van der Waals surface area contributed by atoms with Crippen LogP contribution in [0.4, 0.5) is 0 Å². The van der Waals surface area contributed by atoms with Crippen molar-refractivity contribution in [2.75, 3.05) is 0 Å². The molecule has 4 heteroatoms. The zero-order valence-electron chi connectivity index (χ0n) is 3.44. The molecule has 34 valence electrons. The molecule has 4 nitrogen and oxygen atoms in total. The van der Waals surface area contributed by atoms with Crippen molar-refractivity contribution in [2.24, 2.45) is 0 Å². The molecule has 1 rings (SSSR count). The van der Waals surface area contributed by atoms with Gasteiger partial charge in [-0.25, -0.2) is 0 Å². The fourth-order valence-electron chi connectivity index (χ4n) is 0.262. The highest BCUT2D eigenvalue weighted by Crippen LogP contribution is 1.69. The molecule has 7 heavy (non-hydrogen) atoms. The molecule has 0 saturated carbocycles. The van der Waals surface area contributed by atoms with Crippen molar-refractivity contribution in [3.63, 3.8) is 0 Å². The lowest BCUT2D eigenvalue weighted by Crippen LogP contribution is -1.86. The van der Waals surface area contributed by atoms with E-state index in [9.17, 15) is 0 Å². The smallest absolute Gasteiger partial charge is 0.170 e. The summed E-state index contributed by atoms with van der Waals surface area (Å²) in [6, 6.07) is 0. The molecular formula is C3H2N4. The number of aromatic nitrogens is 3. The summed E-state index contributed by atoms with van der Waals surface area (Å²) in [4.78, 5) is 0. The summed E-state index contributed by atoms with van der Waals surface area (Å²) < 4.78 is 1.07. The Morgan fingerprint density at radius 2 is 2.57 bits per heavy atom. The predicted molar refractivity (Wildman–Crippen MR) is 21.0 cm³/mol. The largest absolute Gasteiger partial charge is 0.207 e. The van der Waals surface area contributed by atoms with Crippen molar-refractivity contribution < 1.29 is 0 Å². The van der Waals surface area contributed by atoms with Crippen LogP contribution in [0.5, 0.6) is 0 Å². The van der Waals surface area contributed by atoms with Gasteiger partial charge in [0, 0.05) is 0 Å². The Hall–Kier alpha value is -1.37. The van der Waals surface area contributed by atoms with Gasteiger partial charge in [-0.3, -0.25) is 0 Å². The second kappa shape index (κ2) is 1.39. The first-order valence-corrected chi connectivity index (χ1v) is 1.70. The summed E-state index contributed by atoms with van der Waals surface area (Å²) >= 11 is 0. The average molecular weight is 94.1 g/mol. The predicted octanol–water partition coefficient (Wildman–Crippen LogP) is -0.393. The molecule has 0 aromatic carbocycles. The van der Waals surface area contributed by atoms with Crippen molar-refractivity contribution in [3.05, 3.63) is 12.4 Å². The van der Waals surface area contributed by atoms with Crippen LogP contribution >= 0.6 is 0 Å². The van der Waals surface area contributed by atoms with Gasteiger partial charge in [0.15, 0.2) is 0 Å². The van der Waals surface area contributed by atoms with Crippen LogP contribution in [0.25, 0.3) is 0 Å². The second-order valence-corrected chi connectivity index (χ2v) is 0.948. The Balaban J connectivity index is 3.04. The SMILES string of the molecule is N#Cn1ccnn1. The monoisotopic (exact) mass is 94.0 g/mol. The van der Waals surface area contributed by atoms with Crippen LogP contribution in [0.15, 0.2) is 12.4 Å². The third-order valence-electron chi connectivity index (χ3n) is 0.525. The van der Waals surface area contributed by atoms with Crippen LogP contribution in [0, 0.1) is 11.5 Å². The Kier molecular flexibility index (Phi) is 0.755. The molecule has 0 N–H and O–H groups in total. The third-order valence-corrected chi connectivity index (χ3v) is 0.525. The average Bonchev–Trinajstić information content (AvgIpc) is 2.14. The van der Waals surface area contributed by atoms with E-state index in [-0.39, 0.29) is 0 Å². The van der Waals surface area contributed by atoms with E-state index >= 15 is 0 Å². The molecule has 0 unspecified atom stereocenters. The highest BCUT2D eigenvalue weighted by Gasteiger charge is 1.78. The Morgan fingerprint density at radius 3 is 2.86 bits per heavy atom. The van der Waals surface area contributed by atoms with Crippen LogP contribution in [0.3, 0.4) is 0 Å². The minimum atomic E-state index is 1.07. The lowest BCUT2D eigenvalue weighted by molar-refractivity contribution is 0.816. The van der Waals surface area contributed by atoms with Gasteiger partial charge in [-0.05, 0) is 0 Å². The molecule has 0 atom stereocenters. The molecule has 1 aromatic rings. The number of hydrogen-bond acceptors (Lipinski definition) is 3. The van der Waals surface area contributed by atoms with Crippen LogP contribution in [0.2, 0.25) is 0 Å². The van der Waals surface area contributed by atoms with E-state index < -0.39 is 0 Å². The highest BCUT2D eigenvalue weighted by atomic mass is 15.4. The topological polar surface area (TPSA) is 54.5 Å². The maximum atomic E-state index is 8.04. The highest BCUT2D eigenvalue weighted by molar-refractivity contribution is 4.77. The van der Waals surface area contributed by atoms with Gasteiger partial charge in [-0.1, -0.05) is 5.21 Å². The second-order valence-electron chi connectivity index (χ2n) is 0.948. The molecule has 0 bridgehead atoms. The van der Waals surface area contributed by atoms with Crippen LogP contribution in [-0.4, -0.2) is 15.0 Å². The molecule has 0 aliphatic rings. The first-order chi connectivity index (χ1) is 3.43.